The van der Waals surface area contributed by atoms with Crippen LogP contribution in [0.3, 0.4) is 0 Å². The highest BCUT2D eigenvalue weighted by Crippen LogP contribution is 2.69. The summed E-state index contributed by atoms with van der Waals surface area (Å²) in [6.45, 7) is 9.54. The van der Waals surface area contributed by atoms with E-state index in [1.165, 1.54) is 25.7 Å². The second-order valence-corrected chi connectivity index (χ2v) is 12.7. The third-order valence-corrected chi connectivity index (χ3v) is 11.5. The highest BCUT2D eigenvalue weighted by Gasteiger charge is 2.64. The third-order valence-electron chi connectivity index (χ3n) is 11.5. The first-order valence-corrected chi connectivity index (χ1v) is 13.7. The molecule has 0 saturated heterocycles. The Morgan fingerprint density at radius 2 is 1.62 bits per heavy atom. The van der Waals surface area contributed by atoms with Gasteiger partial charge in [0.1, 0.15) is 0 Å². The second-order valence-electron chi connectivity index (χ2n) is 12.7. The van der Waals surface area contributed by atoms with Crippen molar-refractivity contribution in [3.05, 3.63) is 0 Å². The molecule has 0 amide bonds. The van der Waals surface area contributed by atoms with Crippen LogP contribution in [0.5, 0.6) is 0 Å². The molecule has 0 aromatic carbocycles. The largest absolute Gasteiger partial charge is 0.481 e. The summed E-state index contributed by atoms with van der Waals surface area (Å²) in [5.74, 6) is 2.75. The zero-order valence-corrected chi connectivity index (χ0v) is 20.9. The summed E-state index contributed by atoms with van der Waals surface area (Å²) in [5, 5.41) is 31.5. The fourth-order valence-electron chi connectivity index (χ4n) is 9.89. The molecular weight excluding hydrogens is 400 g/mol. The van der Waals surface area contributed by atoms with E-state index in [9.17, 15) is 20.1 Å². The fraction of sp³-hybridized carbons (Fsp3) is 0.964. The number of aliphatic carboxylic acids is 1. The van der Waals surface area contributed by atoms with Crippen molar-refractivity contribution in [2.24, 2.45) is 52.3 Å². The Labute approximate surface area is 195 Å². The Bertz CT molecular complexity index is 678. The summed E-state index contributed by atoms with van der Waals surface area (Å²) in [6, 6.07) is 0. The molecule has 0 aromatic heterocycles. The summed E-state index contributed by atoms with van der Waals surface area (Å²) in [5.41, 5.74) is 0.447. The minimum absolute atomic E-state index is 0.155. The zero-order chi connectivity index (χ0) is 23.3. The molecule has 4 saturated carbocycles. The number of aliphatic hydroxyl groups is 2. The van der Waals surface area contributed by atoms with Gasteiger partial charge in [0, 0.05) is 6.42 Å². The van der Waals surface area contributed by atoms with Crippen molar-refractivity contribution in [1.29, 1.82) is 0 Å². The Morgan fingerprint density at radius 1 is 0.938 bits per heavy atom. The molecule has 4 rings (SSSR count). The van der Waals surface area contributed by atoms with Crippen LogP contribution in [0.2, 0.25) is 0 Å². The van der Waals surface area contributed by atoms with Gasteiger partial charge in [0.25, 0.3) is 0 Å². The van der Waals surface area contributed by atoms with E-state index in [0.717, 1.165) is 44.9 Å². The van der Waals surface area contributed by atoms with E-state index >= 15 is 0 Å². The van der Waals surface area contributed by atoms with Gasteiger partial charge in [-0.2, -0.15) is 0 Å². The van der Waals surface area contributed by atoms with Crippen molar-refractivity contribution in [1.82, 2.24) is 0 Å². The average molecular weight is 449 g/mol. The number of hydrogen-bond acceptors (Lipinski definition) is 3. The normalized spacial score (nSPS) is 49.8. The summed E-state index contributed by atoms with van der Waals surface area (Å²) >= 11 is 0. The Morgan fingerprint density at radius 3 is 2.31 bits per heavy atom. The molecule has 4 nitrogen and oxygen atoms in total. The van der Waals surface area contributed by atoms with Gasteiger partial charge in [-0.05, 0) is 110 Å². The van der Waals surface area contributed by atoms with E-state index in [2.05, 4.69) is 27.7 Å². The first-order valence-electron chi connectivity index (χ1n) is 13.7. The molecule has 32 heavy (non-hydrogen) atoms. The van der Waals surface area contributed by atoms with Gasteiger partial charge >= 0.3 is 5.97 Å². The Kier molecular flexibility index (Phi) is 7.05. The van der Waals surface area contributed by atoms with Crippen LogP contribution in [-0.4, -0.2) is 33.5 Å². The number of fused-ring (bicyclic) bond motifs is 5. The van der Waals surface area contributed by atoms with E-state index < -0.39 is 5.97 Å². The molecule has 4 fully saturated rings. The number of carbonyl (C=O) groups is 1. The van der Waals surface area contributed by atoms with E-state index in [1.54, 1.807) is 0 Å². The van der Waals surface area contributed by atoms with Gasteiger partial charge in [0.15, 0.2) is 0 Å². The maximum absolute atomic E-state index is 11.9. The maximum Gasteiger partial charge on any atom is 0.303 e. The molecule has 0 bridgehead atoms. The van der Waals surface area contributed by atoms with Crippen LogP contribution in [-0.2, 0) is 4.79 Å². The lowest BCUT2D eigenvalue weighted by atomic mass is 9.42. The molecule has 3 N–H and O–H groups in total. The minimum atomic E-state index is -0.681. The average Bonchev–Trinajstić information content (AvgIpc) is 3.10. The minimum Gasteiger partial charge on any atom is -0.481 e. The van der Waals surface area contributed by atoms with Gasteiger partial charge in [-0.15, -0.1) is 0 Å². The molecule has 0 aliphatic heterocycles. The van der Waals surface area contributed by atoms with Gasteiger partial charge in [0.2, 0.25) is 0 Å². The van der Waals surface area contributed by atoms with Crippen LogP contribution in [0.4, 0.5) is 0 Å². The predicted octanol–water partition coefficient (Wildman–Crippen LogP) is 5.89. The van der Waals surface area contributed by atoms with Crippen LogP contribution < -0.4 is 0 Å². The zero-order valence-electron chi connectivity index (χ0n) is 20.9. The highest BCUT2D eigenvalue weighted by atomic mass is 16.4. The number of aliphatic hydroxyl groups excluding tert-OH is 2. The van der Waals surface area contributed by atoms with Crippen molar-refractivity contribution in [2.75, 3.05) is 0 Å². The summed E-state index contributed by atoms with van der Waals surface area (Å²) in [4.78, 5) is 11.2. The molecule has 0 heterocycles. The monoisotopic (exact) mass is 448 g/mol. The number of rotatable bonds is 5. The number of carboxylic acids is 1. The molecule has 0 spiro atoms. The molecule has 4 heteroatoms. The molecule has 0 aromatic rings. The van der Waals surface area contributed by atoms with Crippen molar-refractivity contribution >= 4 is 5.97 Å². The topological polar surface area (TPSA) is 77.8 Å². The fourth-order valence-corrected chi connectivity index (χ4v) is 9.89. The van der Waals surface area contributed by atoms with Crippen molar-refractivity contribution in [3.63, 3.8) is 0 Å². The molecular formula is C28H48O4. The van der Waals surface area contributed by atoms with E-state index in [0.29, 0.717) is 41.4 Å². The Hall–Kier alpha value is -0.610. The summed E-state index contributed by atoms with van der Waals surface area (Å²) < 4.78 is 0. The quantitative estimate of drug-likeness (QED) is 0.490. The van der Waals surface area contributed by atoms with Crippen molar-refractivity contribution in [2.45, 2.75) is 117 Å². The number of hydrogen-bond donors (Lipinski definition) is 3. The van der Waals surface area contributed by atoms with Crippen molar-refractivity contribution < 1.29 is 20.1 Å². The van der Waals surface area contributed by atoms with Crippen LogP contribution >= 0.6 is 0 Å². The lowest BCUT2D eigenvalue weighted by Crippen LogP contribution is -2.61. The van der Waals surface area contributed by atoms with E-state index in [1.807, 2.05) is 0 Å². The van der Waals surface area contributed by atoms with Crippen molar-refractivity contribution in [3.8, 4) is 0 Å². The smallest absolute Gasteiger partial charge is 0.303 e. The first kappa shape index (κ1) is 24.5. The van der Waals surface area contributed by atoms with Gasteiger partial charge in [0.05, 0.1) is 12.2 Å². The molecule has 3 unspecified atom stereocenters. The van der Waals surface area contributed by atoms with E-state index in [4.69, 9.17) is 0 Å². The molecule has 184 valence electrons. The molecule has 4 aliphatic rings. The van der Waals surface area contributed by atoms with Gasteiger partial charge in [-0.25, -0.2) is 0 Å². The first-order chi connectivity index (χ1) is 15.1. The lowest BCUT2D eigenvalue weighted by Gasteiger charge is -2.64. The third kappa shape index (κ3) is 3.96. The summed E-state index contributed by atoms with van der Waals surface area (Å²) in [6.07, 6.45) is 11.7. The number of carboxylic acid groups (broad SMARTS) is 1. The predicted molar refractivity (Wildman–Crippen MR) is 127 cm³/mol. The van der Waals surface area contributed by atoms with Gasteiger partial charge < -0.3 is 15.3 Å². The second kappa shape index (κ2) is 9.21. The summed E-state index contributed by atoms with van der Waals surface area (Å²) in [7, 11) is 0. The standard InChI is InChI=1S/C28H48O4/c1-5-19-21-8-6-7-18(29)13-15-28(21,4)23-14-16-27(3)20(17(2)9-12-24(30)31)10-11-22(27)25(23)26(19)32/h17-23,25-26,29,32H,5-16H2,1-4H3,(H,30,31)/t17-,18+,19-,20-,21-,22?,23?,25?,26-,27-,28+/m1/s1. The van der Waals surface area contributed by atoms with Crippen LogP contribution in [0.1, 0.15) is 105 Å². The van der Waals surface area contributed by atoms with Gasteiger partial charge in [-0.1, -0.05) is 40.5 Å². The van der Waals surface area contributed by atoms with Crippen LogP contribution in [0, 0.1) is 52.3 Å². The lowest BCUT2D eigenvalue weighted by molar-refractivity contribution is -0.191. The molecule has 4 aliphatic carbocycles. The SMILES string of the molecule is CC[C@@H]1[C@H]2CCC[C@H](O)CC[C@]2(C)C2CC[C@@]3(C)C(CC[C@@H]3[C@H](C)CCC(=O)O)C2[C@@H]1O. The van der Waals surface area contributed by atoms with Gasteiger partial charge in [-0.3, -0.25) is 4.79 Å². The molecule has 11 atom stereocenters. The van der Waals surface area contributed by atoms with Crippen LogP contribution in [0.25, 0.3) is 0 Å². The maximum atomic E-state index is 11.9. The highest BCUT2D eigenvalue weighted by molar-refractivity contribution is 5.66. The molecule has 0 radical (unpaired) electrons. The van der Waals surface area contributed by atoms with E-state index in [-0.39, 0.29) is 29.5 Å². The Balaban J connectivity index is 1.63. The van der Waals surface area contributed by atoms with Crippen LogP contribution in [0.15, 0.2) is 0 Å².